The lowest BCUT2D eigenvalue weighted by Gasteiger charge is -2.12. The van der Waals surface area contributed by atoms with Crippen LogP contribution in [0.15, 0.2) is 36.4 Å². The zero-order valence-corrected chi connectivity index (χ0v) is 15.0. The number of ether oxygens (including phenoxy) is 4. The van der Waals surface area contributed by atoms with Crippen molar-refractivity contribution >= 4 is 17.5 Å². The van der Waals surface area contributed by atoms with Gasteiger partial charge in [0.05, 0.1) is 7.11 Å². The number of carbonyl (C=O) groups is 2. The van der Waals surface area contributed by atoms with Crippen LogP contribution in [-0.4, -0.2) is 32.3 Å². The lowest BCUT2D eigenvalue weighted by molar-refractivity contribution is -0.123. The van der Waals surface area contributed by atoms with Crippen molar-refractivity contribution < 1.29 is 28.5 Å². The van der Waals surface area contributed by atoms with E-state index in [2.05, 4.69) is 10.6 Å². The molecule has 1 aliphatic heterocycles. The molecular formula is C19H20N2O6. The van der Waals surface area contributed by atoms with Crippen LogP contribution in [0.1, 0.15) is 12.5 Å². The zero-order chi connectivity index (χ0) is 19.2. The largest absolute Gasteiger partial charge is 0.496 e. The Morgan fingerprint density at radius 2 is 1.93 bits per heavy atom. The third-order valence-corrected chi connectivity index (χ3v) is 3.79. The third kappa shape index (κ3) is 4.81. The summed E-state index contributed by atoms with van der Waals surface area (Å²) >= 11 is 0. The number of benzene rings is 2. The Kier molecular flexibility index (Phi) is 5.65. The molecule has 8 heteroatoms. The molecule has 8 nitrogen and oxygen atoms in total. The number of amides is 2. The SMILES string of the molecule is COc1ccc(NC(C)=O)cc1CNC(=O)COc1ccc2c(c1)OCO2. The van der Waals surface area contributed by atoms with Crippen LogP contribution in [-0.2, 0) is 16.1 Å². The quantitative estimate of drug-likeness (QED) is 0.773. The number of fused-ring (bicyclic) bond motifs is 1. The van der Waals surface area contributed by atoms with Crippen LogP contribution in [0.2, 0.25) is 0 Å². The van der Waals surface area contributed by atoms with Gasteiger partial charge < -0.3 is 29.6 Å². The van der Waals surface area contributed by atoms with E-state index >= 15 is 0 Å². The molecule has 27 heavy (non-hydrogen) atoms. The molecule has 0 saturated carbocycles. The summed E-state index contributed by atoms with van der Waals surface area (Å²) in [7, 11) is 1.54. The maximum absolute atomic E-state index is 12.1. The average molecular weight is 372 g/mol. The molecule has 0 unspecified atom stereocenters. The molecule has 0 spiro atoms. The zero-order valence-electron chi connectivity index (χ0n) is 15.0. The topological polar surface area (TPSA) is 95.1 Å². The van der Waals surface area contributed by atoms with Gasteiger partial charge in [-0.1, -0.05) is 0 Å². The van der Waals surface area contributed by atoms with Gasteiger partial charge in [0.1, 0.15) is 11.5 Å². The van der Waals surface area contributed by atoms with Gasteiger partial charge in [0.2, 0.25) is 12.7 Å². The summed E-state index contributed by atoms with van der Waals surface area (Å²) in [6, 6.07) is 10.3. The molecule has 1 aliphatic rings. The van der Waals surface area contributed by atoms with E-state index in [1.807, 2.05) is 0 Å². The molecule has 0 atom stereocenters. The number of methoxy groups -OCH3 is 1. The van der Waals surface area contributed by atoms with Crippen LogP contribution in [0.4, 0.5) is 5.69 Å². The molecule has 2 amide bonds. The molecule has 0 radical (unpaired) electrons. The van der Waals surface area contributed by atoms with Crippen molar-refractivity contribution in [3.63, 3.8) is 0 Å². The fraction of sp³-hybridized carbons (Fsp3) is 0.263. The summed E-state index contributed by atoms with van der Waals surface area (Å²) < 4.78 is 21.3. The molecule has 2 N–H and O–H groups in total. The molecule has 2 aromatic rings. The van der Waals surface area contributed by atoms with Crippen molar-refractivity contribution in [2.75, 3.05) is 25.8 Å². The van der Waals surface area contributed by atoms with Crippen molar-refractivity contribution in [2.24, 2.45) is 0 Å². The first-order chi connectivity index (χ1) is 13.0. The Bertz CT molecular complexity index is 852. The van der Waals surface area contributed by atoms with Crippen molar-refractivity contribution in [1.29, 1.82) is 0 Å². The number of nitrogens with one attached hydrogen (secondary N) is 2. The Balaban J connectivity index is 1.54. The first kappa shape index (κ1) is 18.4. The highest BCUT2D eigenvalue weighted by atomic mass is 16.7. The highest BCUT2D eigenvalue weighted by molar-refractivity contribution is 5.88. The summed E-state index contributed by atoms with van der Waals surface area (Å²) in [4.78, 5) is 23.3. The monoisotopic (exact) mass is 372 g/mol. The fourth-order valence-electron chi connectivity index (χ4n) is 2.56. The minimum absolute atomic E-state index is 0.145. The van der Waals surface area contributed by atoms with Crippen molar-refractivity contribution in [3.05, 3.63) is 42.0 Å². The molecule has 0 aromatic heterocycles. The van der Waals surface area contributed by atoms with E-state index in [-0.39, 0.29) is 31.8 Å². The van der Waals surface area contributed by atoms with Gasteiger partial charge >= 0.3 is 0 Å². The van der Waals surface area contributed by atoms with Crippen molar-refractivity contribution in [1.82, 2.24) is 5.32 Å². The molecule has 142 valence electrons. The number of hydrogen-bond acceptors (Lipinski definition) is 6. The molecule has 0 aliphatic carbocycles. The molecule has 0 fully saturated rings. The summed E-state index contributed by atoms with van der Waals surface area (Å²) in [5, 5.41) is 5.46. The van der Waals surface area contributed by atoms with E-state index < -0.39 is 0 Å². The maximum Gasteiger partial charge on any atom is 0.258 e. The van der Waals surface area contributed by atoms with Crippen LogP contribution in [0.3, 0.4) is 0 Å². The maximum atomic E-state index is 12.1. The van der Waals surface area contributed by atoms with Gasteiger partial charge in [-0.3, -0.25) is 9.59 Å². The lowest BCUT2D eigenvalue weighted by atomic mass is 10.1. The fourth-order valence-corrected chi connectivity index (χ4v) is 2.56. The van der Waals surface area contributed by atoms with Crippen LogP contribution in [0.25, 0.3) is 0 Å². The molecule has 0 bridgehead atoms. The Morgan fingerprint density at radius 1 is 1.11 bits per heavy atom. The van der Waals surface area contributed by atoms with E-state index in [9.17, 15) is 9.59 Å². The van der Waals surface area contributed by atoms with Crippen LogP contribution >= 0.6 is 0 Å². The van der Waals surface area contributed by atoms with Crippen LogP contribution < -0.4 is 29.6 Å². The van der Waals surface area contributed by atoms with Gasteiger partial charge in [-0.15, -0.1) is 0 Å². The second-order valence-corrected chi connectivity index (χ2v) is 5.79. The molecule has 2 aromatic carbocycles. The summed E-state index contributed by atoms with van der Waals surface area (Å²) in [5.41, 5.74) is 1.37. The molecule has 0 saturated heterocycles. The van der Waals surface area contributed by atoms with E-state index in [1.54, 1.807) is 43.5 Å². The number of rotatable bonds is 7. The highest BCUT2D eigenvalue weighted by Crippen LogP contribution is 2.35. The van der Waals surface area contributed by atoms with Crippen molar-refractivity contribution in [2.45, 2.75) is 13.5 Å². The summed E-state index contributed by atoms with van der Waals surface area (Å²) in [6.45, 7) is 1.70. The standard InChI is InChI=1S/C19H20N2O6/c1-12(22)21-14-3-5-16(24-2)13(7-14)9-20-19(23)10-25-15-4-6-17-18(8-15)27-11-26-17/h3-8H,9-11H2,1-2H3,(H,20,23)(H,21,22). The van der Waals surface area contributed by atoms with Gasteiger partial charge in [0.25, 0.3) is 5.91 Å². The number of carbonyl (C=O) groups excluding carboxylic acids is 2. The highest BCUT2D eigenvalue weighted by Gasteiger charge is 2.14. The Labute approximate surface area is 156 Å². The second-order valence-electron chi connectivity index (χ2n) is 5.79. The minimum atomic E-state index is -0.292. The van der Waals surface area contributed by atoms with Gasteiger partial charge in [0, 0.05) is 30.8 Å². The molecular weight excluding hydrogens is 352 g/mol. The first-order valence-corrected chi connectivity index (χ1v) is 8.29. The molecule has 1 heterocycles. The van der Waals surface area contributed by atoms with Crippen molar-refractivity contribution in [3.8, 4) is 23.0 Å². The average Bonchev–Trinajstić information content (AvgIpc) is 3.12. The van der Waals surface area contributed by atoms with E-state index in [0.29, 0.717) is 28.7 Å². The molecule has 3 rings (SSSR count). The van der Waals surface area contributed by atoms with E-state index in [4.69, 9.17) is 18.9 Å². The number of anilines is 1. The van der Waals surface area contributed by atoms with Crippen LogP contribution in [0.5, 0.6) is 23.0 Å². The number of hydrogen-bond donors (Lipinski definition) is 2. The lowest BCUT2D eigenvalue weighted by Crippen LogP contribution is -2.28. The normalized spacial score (nSPS) is 11.6. The van der Waals surface area contributed by atoms with Crippen LogP contribution in [0, 0.1) is 0 Å². The predicted octanol–water partition coefficient (Wildman–Crippen LogP) is 2.08. The van der Waals surface area contributed by atoms with Gasteiger partial charge in [-0.05, 0) is 30.3 Å². The summed E-state index contributed by atoms with van der Waals surface area (Å²) in [6.07, 6.45) is 0. The Morgan fingerprint density at radius 3 is 2.70 bits per heavy atom. The van der Waals surface area contributed by atoms with E-state index in [0.717, 1.165) is 5.56 Å². The van der Waals surface area contributed by atoms with Gasteiger partial charge in [-0.2, -0.15) is 0 Å². The predicted molar refractivity (Wildman–Crippen MR) is 97.2 cm³/mol. The Hall–Kier alpha value is -3.42. The first-order valence-electron chi connectivity index (χ1n) is 8.29. The van der Waals surface area contributed by atoms with E-state index in [1.165, 1.54) is 6.92 Å². The van der Waals surface area contributed by atoms with Gasteiger partial charge in [0.15, 0.2) is 18.1 Å². The second kappa shape index (κ2) is 8.31. The smallest absolute Gasteiger partial charge is 0.258 e. The van der Waals surface area contributed by atoms with Gasteiger partial charge in [-0.25, -0.2) is 0 Å². The summed E-state index contributed by atoms with van der Waals surface area (Å²) in [5.74, 6) is 1.90. The third-order valence-electron chi connectivity index (χ3n) is 3.79. The minimum Gasteiger partial charge on any atom is -0.496 e.